The number of rotatable bonds is 7. The molecule has 0 aliphatic heterocycles. The number of hydrogen-bond donors (Lipinski definition) is 1. The summed E-state index contributed by atoms with van der Waals surface area (Å²) in [6.07, 6.45) is 0.964. The number of para-hydroxylation sites is 1. The Morgan fingerprint density at radius 3 is 2.17 bits per heavy atom. The Hall–Kier alpha value is -2.58. The normalized spacial score (nSPS) is 10.5. The van der Waals surface area contributed by atoms with Crippen LogP contribution in [0.3, 0.4) is 0 Å². The molecule has 3 aromatic rings. The van der Waals surface area contributed by atoms with Gasteiger partial charge in [0.25, 0.3) is 0 Å². The number of ether oxygens (including phenoxy) is 1. The second-order valence-electron chi connectivity index (χ2n) is 5.80. The molecular weight excluding hydrogens is 294 g/mol. The number of benzene rings is 3. The number of methoxy groups -OCH3 is 1. The van der Waals surface area contributed by atoms with Crippen LogP contribution < -0.4 is 10.1 Å². The molecule has 0 spiro atoms. The van der Waals surface area contributed by atoms with Crippen molar-refractivity contribution in [3.63, 3.8) is 0 Å². The SMILES string of the molecule is COc1ccccc1CCNCc1ccc(-c2ccccc2)cc1. The molecule has 3 rings (SSSR count). The van der Waals surface area contributed by atoms with E-state index in [0.29, 0.717) is 0 Å². The van der Waals surface area contributed by atoms with Crippen molar-refractivity contribution >= 4 is 0 Å². The van der Waals surface area contributed by atoms with E-state index in [0.717, 1.165) is 25.3 Å². The fraction of sp³-hybridized carbons (Fsp3) is 0.182. The molecule has 0 amide bonds. The summed E-state index contributed by atoms with van der Waals surface area (Å²) in [5.74, 6) is 0.964. The van der Waals surface area contributed by atoms with Gasteiger partial charge in [-0.25, -0.2) is 0 Å². The molecule has 0 atom stereocenters. The van der Waals surface area contributed by atoms with Gasteiger partial charge in [-0.2, -0.15) is 0 Å². The van der Waals surface area contributed by atoms with Gasteiger partial charge in [0.1, 0.15) is 5.75 Å². The largest absolute Gasteiger partial charge is 0.496 e. The van der Waals surface area contributed by atoms with Crippen molar-refractivity contribution in [2.45, 2.75) is 13.0 Å². The van der Waals surface area contributed by atoms with Crippen LogP contribution in [-0.2, 0) is 13.0 Å². The van der Waals surface area contributed by atoms with Crippen molar-refractivity contribution < 1.29 is 4.74 Å². The highest BCUT2D eigenvalue weighted by molar-refractivity contribution is 5.63. The number of nitrogens with one attached hydrogen (secondary N) is 1. The lowest BCUT2D eigenvalue weighted by atomic mass is 10.0. The minimum absolute atomic E-state index is 0.879. The van der Waals surface area contributed by atoms with Crippen molar-refractivity contribution in [2.75, 3.05) is 13.7 Å². The van der Waals surface area contributed by atoms with Gasteiger partial charge < -0.3 is 10.1 Å². The molecule has 3 aromatic carbocycles. The summed E-state index contributed by atoms with van der Waals surface area (Å²) in [5, 5.41) is 3.51. The molecule has 0 aromatic heterocycles. The molecule has 0 aliphatic carbocycles. The van der Waals surface area contributed by atoms with Crippen LogP contribution >= 0.6 is 0 Å². The Bertz CT molecular complexity index is 750. The summed E-state index contributed by atoms with van der Waals surface area (Å²) in [7, 11) is 1.72. The molecule has 2 heteroatoms. The average Bonchev–Trinajstić information content (AvgIpc) is 2.67. The van der Waals surface area contributed by atoms with Crippen molar-refractivity contribution in [3.05, 3.63) is 90.0 Å². The minimum Gasteiger partial charge on any atom is -0.496 e. The van der Waals surface area contributed by atoms with Crippen LogP contribution in [0.4, 0.5) is 0 Å². The first-order valence-electron chi connectivity index (χ1n) is 8.34. The Labute approximate surface area is 144 Å². The first kappa shape index (κ1) is 16.3. The Morgan fingerprint density at radius 1 is 0.750 bits per heavy atom. The third kappa shape index (κ3) is 4.24. The maximum absolute atomic E-state index is 5.39. The van der Waals surface area contributed by atoms with Crippen molar-refractivity contribution in [3.8, 4) is 16.9 Å². The summed E-state index contributed by atoms with van der Waals surface area (Å²) in [5.41, 5.74) is 5.06. The number of hydrogen-bond acceptors (Lipinski definition) is 2. The molecule has 122 valence electrons. The molecule has 0 radical (unpaired) electrons. The van der Waals surface area contributed by atoms with E-state index in [1.165, 1.54) is 22.3 Å². The van der Waals surface area contributed by atoms with Crippen LogP contribution in [0.2, 0.25) is 0 Å². The first-order chi connectivity index (χ1) is 11.9. The monoisotopic (exact) mass is 317 g/mol. The third-order valence-corrected chi connectivity index (χ3v) is 4.15. The van der Waals surface area contributed by atoms with Crippen LogP contribution in [0.5, 0.6) is 5.75 Å². The maximum Gasteiger partial charge on any atom is 0.122 e. The molecule has 2 nitrogen and oxygen atoms in total. The highest BCUT2D eigenvalue weighted by atomic mass is 16.5. The lowest BCUT2D eigenvalue weighted by Crippen LogP contribution is -2.16. The van der Waals surface area contributed by atoms with E-state index in [9.17, 15) is 0 Å². The molecule has 0 unspecified atom stereocenters. The molecule has 0 fully saturated rings. The summed E-state index contributed by atoms with van der Waals surface area (Å²) in [6, 6.07) is 27.4. The zero-order valence-corrected chi connectivity index (χ0v) is 14.0. The molecular formula is C22H23NO. The van der Waals surface area contributed by atoms with Gasteiger partial charge in [0.15, 0.2) is 0 Å². The quantitative estimate of drug-likeness (QED) is 0.638. The molecule has 0 saturated carbocycles. The fourth-order valence-corrected chi connectivity index (χ4v) is 2.81. The lowest BCUT2D eigenvalue weighted by Gasteiger charge is -2.09. The van der Waals surface area contributed by atoms with E-state index in [1.807, 2.05) is 18.2 Å². The van der Waals surface area contributed by atoms with Gasteiger partial charge in [-0.1, -0.05) is 72.8 Å². The standard InChI is InChI=1S/C22H23NO/c1-24-22-10-6-5-9-21(22)15-16-23-17-18-11-13-20(14-12-18)19-7-3-2-4-8-19/h2-14,23H,15-17H2,1H3. The summed E-state index contributed by atoms with van der Waals surface area (Å²) in [4.78, 5) is 0. The second kappa shape index (κ2) is 8.32. The Morgan fingerprint density at radius 2 is 1.42 bits per heavy atom. The Kier molecular flexibility index (Phi) is 5.65. The zero-order valence-electron chi connectivity index (χ0n) is 14.0. The van der Waals surface area contributed by atoms with Gasteiger partial charge in [0.2, 0.25) is 0 Å². The van der Waals surface area contributed by atoms with Crippen LogP contribution in [0, 0.1) is 0 Å². The maximum atomic E-state index is 5.39. The summed E-state index contributed by atoms with van der Waals surface area (Å²) in [6.45, 7) is 1.81. The zero-order chi connectivity index (χ0) is 16.6. The molecule has 0 heterocycles. The molecule has 24 heavy (non-hydrogen) atoms. The van der Waals surface area contributed by atoms with Gasteiger partial charge in [0.05, 0.1) is 7.11 Å². The molecule has 1 N–H and O–H groups in total. The summed E-state index contributed by atoms with van der Waals surface area (Å²) >= 11 is 0. The van der Waals surface area contributed by atoms with Crippen LogP contribution in [0.15, 0.2) is 78.9 Å². The highest BCUT2D eigenvalue weighted by Gasteiger charge is 2.01. The van der Waals surface area contributed by atoms with E-state index in [2.05, 4.69) is 66.0 Å². The fourth-order valence-electron chi connectivity index (χ4n) is 2.81. The molecule has 0 saturated heterocycles. The molecule has 0 aliphatic rings. The van der Waals surface area contributed by atoms with E-state index >= 15 is 0 Å². The topological polar surface area (TPSA) is 21.3 Å². The average molecular weight is 317 g/mol. The van der Waals surface area contributed by atoms with Crippen LogP contribution in [-0.4, -0.2) is 13.7 Å². The molecule has 0 bridgehead atoms. The van der Waals surface area contributed by atoms with E-state index in [-0.39, 0.29) is 0 Å². The summed E-state index contributed by atoms with van der Waals surface area (Å²) < 4.78 is 5.39. The van der Waals surface area contributed by atoms with Crippen molar-refractivity contribution in [1.29, 1.82) is 0 Å². The second-order valence-corrected chi connectivity index (χ2v) is 5.80. The highest BCUT2D eigenvalue weighted by Crippen LogP contribution is 2.19. The van der Waals surface area contributed by atoms with Gasteiger partial charge in [-0.3, -0.25) is 0 Å². The van der Waals surface area contributed by atoms with E-state index in [1.54, 1.807) is 7.11 Å². The smallest absolute Gasteiger partial charge is 0.122 e. The van der Waals surface area contributed by atoms with E-state index in [4.69, 9.17) is 4.74 Å². The third-order valence-electron chi connectivity index (χ3n) is 4.15. The predicted octanol–water partition coefficient (Wildman–Crippen LogP) is 4.69. The minimum atomic E-state index is 0.879. The van der Waals surface area contributed by atoms with Crippen LogP contribution in [0.25, 0.3) is 11.1 Å². The van der Waals surface area contributed by atoms with E-state index < -0.39 is 0 Å². The van der Waals surface area contributed by atoms with Gasteiger partial charge in [-0.15, -0.1) is 0 Å². The van der Waals surface area contributed by atoms with Crippen molar-refractivity contribution in [1.82, 2.24) is 5.32 Å². The van der Waals surface area contributed by atoms with Gasteiger partial charge in [-0.05, 0) is 41.3 Å². The Balaban J connectivity index is 1.50. The van der Waals surface area contributed by atoms with Crippen molar-refractivity contribution in [2.24, 2.45) is 0 Å². The van der Waals surface area contributed by atoms with Gasteiger partial charge in [0, 0.05) is 6.54 Å². The van der Waals surface area contributed by atoms with Crippen LogP contribution in [0.1, 0.15) is 11.1 Å². The first-order valence-corrected chi connectivity index (χ1v) is 8.34. The predicted molar refractivity (Wildman–Crippen MR) is 100 cm³/mol. The lowest BCUT2D eigenvalue weighted by molar-refractivity contribution is 0.409. The van der Waals surface area contributed by atoms with Gasteiger partial charge >= 0.3 is 0 Å².